The van der Waals surface area contributed by atoms with Gasteiger partial charge in [-0.25, -0.2) is 4.98 Å². The van der Waals surface area contributed by atoms with E-state index in [0.717, 1.165) is 18.5 Å². The van der Waals surface area contributed by atoms with Gasteiger partial charge in [-0.3, -0.25) is 4.79 Å². The number of aromatic nitrogens is 2. The summed E-state index contributed by atoms with van der Waals surface area (Å²) in [7, 11) is 0. The van der Waals surface area contributed by atoms with Crippen molar-refractivity contribution in [3.8, 4) is 0 Å². The van der Waals surface area contributed by atoms with Gasteiger partial charge in [-0.05, 0) is 37.5 Å². The number of nitrogens with one attached hydrogen (secondary N) is 1. The molecule has 0 fully saturated rings. The number of aryl methyl sites for hydroxylation is 1. The topological polar surface area (TPSA) is 46.4 Å². The molecular weight excluding hydrogens is 274 g/mol. The SMILES string of the molecule is C[C@@H](CCc1ccccc1)NC(=O)c1cn2ccccc2n1. The standard InChI is InChI=1S/C18H19N3O/c1-14(10-11-15-7-3-2-4-8-15)19-18(22)16-13-21-12-6-5-9-17(21)20-16/h2-9,12-14H,10-11H2,1H3,(H,19,22)/t14-/m0/s1. The molecule has 1 N–H and O–H groups in total. The number of rotatable bonds is 5. The van der Waals surface area contributed by atoms with Gasteiger partial charge >= 0.3 is 0 Å². The number of hydrogen-bond acceptors (Lipinski definition) is 2. The van der Waals surface area contributed by atoms with Crippen LogP contribution in [0, 0.1) is 0 Å². The lowest BCUT2D eigenvalue weighted by atomic mass is 10.1. The Balaban J connectivity index is 1.58. The Labute approximate surface area is 129 Å². The summed E-state index contributed by atoms with van der Waals surface area (Å²) in [5.74, 6) is -0.121. The molecular formula is C18H19N3O. The van der Waals surface area contributed by atoms with Crippen LogP contribution >= 0.6 is 0 Å². The van der Waals surface area contributed by atoms with Gasteiger partial charge in [-0.1, -0.05) is 36.4 Å². The van der Waals surface area contributed by atoms with E-state index >= 15 is 0 Å². The average molecular weight is 293 g/mol. The van der Waals surface area contributed by atoms with Crippen molar-refractivity contribution in [2.75, 3.05) is 0 Å². The molecule has 0 bridgehead atoms. The molecule has 0 saturated heterocycles. The molecule has 2 heterocycles. The van der Waals surface area contributed by atoms with E-state index in [-0.39, 0.29) is 11.9 Å². The van der Waals surface area contributed by atoms with Crippen molar-refractivity contribution >= 4 is 11.6 Å². The molecule has 4 nitrogen and oxygen atoms in total. The molecule has 112 valence electrons. The normalized spacial score (nSPS) is 12.2. The second-order valence-electron chi connectivity index (χ2n) is 5.49. The van der Waals surface area contributed by atoms with Crippen LogP contribution in [-0.2, 0) is 6.42 Å². The quantitative estimate of drug-likeness (QED) is 0.786. The second-order valence-corrected chi connectivity index (χ2v) is 5.49. The molecule has 0 aliphatic rings. The summed E-state index contributed by atoms with van der Waals surface area (Å²) in [6, 6.07) is 16.1. The van der Waals surface area contributed by atoms with Crippen molar-refractivity contribution in [2.45, 2.75) is 25.8 Å². The summed E-state index contributed by atoms with van der Waals surface area (Å²) in [6.45, 7) is 2.02. The molecule has 1 amide bonds. The highest BCUT2D eigenvalue weighted by molar-refractivity contribution is 5.93. The van der Waals surface area contributed by atoms with Gasteiger partial charge in [0.1, 0.15) is 11.3 Å². The summed E-state index contributed by atoms with van der Waals surface area (Å²) in [5.41, 5.74) is 2.53. The Morgan fingerprint density at radius 2 is 1.95 bits per heavy atom. The van der Waals surface area contributed by atoms with E-state index in [1.165, 1.54) is 5.56 Å². The number of amides is 1. The van der Waals surface area contributed by atoms with E-state index in [1.54, 1.807) is 6.20 Å². The number of nitrogens with zero attached hydrogens (tertiary/aromatic N) is 2. The van der Waals surface area contributed by atoms with E-state index < -0.39 is 0 Å². The van der Waals surface area contributed by atoms with Gasteiger partial charge in [0.15, 0.2) is 0 Å². The minimum atomic E-state index is -0.121. The third-order valence-electron chi connectivity index (χ3n) is 3.68. The van der Waals surface area contributed by atoms with Gasteiger partial charge in [0.25, 0.3) is 5.91 Å². The van der Waals surface area contributed by atoms with Crippen LogP contribution in [0.3, 0.4) is 0 Å². The molecule has 3 aromatic rings. The molecule has 0 aliphatic heterocycles. The second kappa shape index (κ2) is 6.43. The Kier molecular flexibility index (Phi) is 4.19. The number of fused-ring (bicyclic) bond motifs is 1. The highest BCUT2D eigenvalue weighted by atomic mass is 16.1. The number of imidazole rings is 1. The van der Waals surface area contributed by atoms with Crippen molar-refractivity contribution in [3.63, 3.8) is 0 Å². The maximum atomic E-state index is 12.2. The third kappa shape index (κ3) is 3.34. The average Bonchev–Trinajstić information content (AvgIpc) is 2.98. The van der Waals surface area contributed by atoms with Crippen LogP contribution in [0.4, 0.5) is 0 Å². The van der Waals surface area contributed by atoms with Crippen LogP contribution in [0.2, 0.25) is 0 Å². The molecule has 0 radical (unpaired) electrons. The molecule has 1 aromatic carbocycles. The Bertz CT molecular complexity index is 731. The van der Waals surface area contributed by atoms with E-state index in [2.05, 4.69) is 22.4 Å². The summed E-state index contributed by atoms with van der Waals surface area (Å²) >= 11 is 0. The van der Waals surface area contributed by atoms with E-state index in [0.29, 0.717) is 5.69 Å². The molecule has 4 heteroatoms. The summed E-state index contributed by atoms with van der Waals surface area (Å²) in [6.07, 6.45) is 5.50. The predicted molar refractivity (Wildman–Crippen MR) is 86.9 cm³/mol. The monoisotopic (exact) mass is 293 g/mol. The van der Waals surface area contributed by atoms with Crippen LogP contribution in [0.15, 0.2) is 60.9 Å². The third-order valence-corrected chi connectivity index (χ3v) is 3.68. The van der Waals surface area contributed by atoms with Crippen LogP contribution in [0.1, 0.15) is 29.4 Å². The van der Waals surface area contributed by atoms with E-state index in [1.807, 2.05) is 53.9 Å². The molecule has 0 spiro atoms. The lowest BCUT2D eigenvalue weighted by molar-refractivity contribution is 0.0934. The lowest BCUT2D eigenvalue weighted by Crippen LogP contribution is -2.33. The first kappa shape index (κ1) is 14.3. The van der Waals surface area contributed by atoms with Gasteiger partial charge in [-0.15, -0.1) is 0 Å². The van der Waals surface area contributed by atoms with Gasteiger partial charge in [0.2, 0.25) is 0 Å². The maximum absolute atomic E-state index is 12.2. The minimum Gasteiger partial charge on any atom is -0.348 e. The number of carbonyl (C=O) groups excluding carboxylic acids is 1. The number of benzene rings is 1. The van der Waals surface area contributed by atoms with Crippen molar-refractivity contribution in [1.82, 2.24) is 14.7 Å². The zero-order valence-electron chi connectivity index (χ0n) is 12.6. The van der Waals surface area contributed by atoms with Gasteiger partial charge in [-0.2, -0.15) is 0 Å². The molecule has 22 heavy (non-hydrogen) atoms. The molecule has 0 saturated carbocycles. The lowest BCUT2D eigenvalue weighted by Gasteiger charge is -2.12. The predicted octanol–water partition coefficient (Wildman–Crippen LogP) is 3.09. The summed E-state index contributed by atoms with van der Waals surface area (Å²) in [4.78, 5) is 16.6. The fourth-order valence-electron chi connectivity index (χ4n) is 2.44. The van der Waals surface area contributed by atoms with Crippen molar-refractivity contribution < 1.29 is 4.79 Å². The number of pyridine rings is 1. The largest absolute Gasteiger partial charge is 0.348 e. The van der Waals surface area contributed by atoms with Crippen LogP contribution < -0.4 is 5.32 Å². The van der Waals surface area contributed by atoms with Crippen LogP contribution in [0.5, 0.6) is 0 Å². The minimum absolute atomic E-state index is 0.109. The summed E-state index contributed by atoms with van der Waals surface area (Å²) in [5, 5.41) is 3.01. The highest BCUT2D eigenvalue weighted by Gasteiger charge is 2.13. The Hall–Kier alpha value is -2.62. The summed E-state index contributed by atoms with van der Waals surface area (Å²) < 4.78 is 1.85. The molecule has 3 rings (SSSR count). The molecule has 2 aromatic heterocycles. The zero-order valence-corrected chi connectivity index (χ0v) is 12.6. The highest BCUT2D eigenvalue weighted by Crippen LogP contribution is 2.07. The zero-order chi connectivity index (χ0) is 15.4. The van der Waals surface area contributed by atoms with Crippen molar-refractivity contribution in [1.29, 1.82) is 0 Å². The van der Waals surface area contributed by atoms with Crippen LogP contribution in [0.25, 0.3) is 5.65 Å². The number of hydrogen-bond donors (Lipinski definition) is 1. The fourth-order valence-corrected chi connectivity index (χ4v) is 2.44. The van der Waals surface area contributed by atoms with Crippen molar-refractivity contribution in [3.05, 3.63) is 72.2 Å². The maximum Gasteiger partial charge on any atom is 0.271 e. The molecule has 0 unspecified atom stereocenters. The van der Waals surface area contributed by atoms with Crippen molar-refractivity contribution in [2.24, 2.45) is 0 Å². The van der Waals surface area contributed by atoms with Crippen LogP contribution in [-0.4, -0.2) is 21.3 Å². The fraction of sp³-hybridized carbons (Fsp3) is 0.222. The first-order valence-electron chi connectivity index (χ1n) is 7.51. The molecule has 1 atom stereocenters. The first-order chi connectivity index (χ1) is 10.7. The molecule has 0 aliphatic carbocycles. The smallest absolute Gasteiger partial charge is 0.271 e. The van der Waals surface area contributed by atoms with E-state index in [4.69, 9.17) is 0 Å². The Morgan fingerprint density at radius 3 is 2.73 bits per heavy atom. The first-order valence-corrected chi connectivity index (χ1v) is 7.51. The van der Waals surface area contributed by atoms with E-state index in [9.17, 15) is 4.79 Å². The van der Waals surface area contributed by atoms with Gasteiger partial charge < -0.3 is 9.72 Å². The number of carbonyl (C=O) groups is 1. The van der Waals surface area contributed by atoms with Gasteiger partial charge in [0.05, 0.1) is 0 Å². The Morgan fingerprint density at radius 1 is 1.18 bits per heavy atom. The van der Waals surface area contributed by atoms with Gasteiger partial charge in [0, 0.05) is 18.4 Å².